The number of pyridine rings is 1. The molecule has 4 rings (SSSR count). The minimum atomic E-state index is -3.51. The predicted molar refractivity (Wildman–Crippen MR) is 120 cm³/mol. The van der Waals surface area contributed by atoms with Crippen LogP contribution in [0.5, 0.6) is 0 Å². The number of sulfonamides is 1. The van der Waals surface area contributed by atoms with Gasteiger partial charge in [-0.25, -0.2) is 13.4 Å². The van der Waals surface area contributed by atoms with Gasteiger partial charge in [-0.1, -0.05) is 6.92 Å². The van der Waals surface area contributed by atoms with Gasteiger partial charge in [0.25, 0.3) is 5.91 Å². The van der Waals surface area contributed by atoms with E-state index in [9.17, 15) is 13.2 Å². The average molecular weight is 443 g/mol. The third kappa shape index (κ3) is 5.07. The number of rotatable bonds is 6. The van der Waals surface area contributed by atoms with Gasteiger partial charge in [-0.15, -0.1) is 0 Å². The lowest BCUT2D eigenvalue weighted by molar-refractivity contribution is 0.0950. The molecule has 0 unspecified atom stereocenters. The van der Waals surface area contributed by atoms with Crippen molar-refractivity contribution in [3.63, 3.8) is 0 Å². The standard InChI is InChI=1S/C23H30N4O3S/c1-18-9-14-27(15-10-18)31(29,30)21-6-4-20(5-7-21)23(28)25-17-19-8-11-24-22(16-19)26-12-2-3-13-26/h4-8,11,16,18H,2-3,9-10,12-15,17H2,1H3,(H,25,28). The quantitative estimate of drug-likeness (QED) is 0.744. The minimum Gasteiger partial charge on any atom is -0.357 e. The molecule has 3 heterocycles. The Morgan fingerprint density at radius 2 is 1.74 bits per heavy atom. The van der Waals surface area contributed by atoms with E-state index in [2.05, 4.69) is 22.1 Å². The van der Waals surface area contributed by atoms with Crippen LogP contribution in [0.15, 0.2) is 47.5 Å². The van der Waals surface area contributed by atoms with E-state index in [1.807, 2.05) is 12.1 Å². The van der Waals surface area contributed by atoms with Crippen molar-refractivity contribution in [3.8, 4) is 0 Å². The van der Waals surface area contributed by atoms with E-state index < -0.39 is 10.0 Å². The number of benzene rings is 1. The fourth-order valence-corrected chi connectivity index (χ4v) is 5.60. The number of hydrogen-bond acceptors (Lipinski definition) is 5. The molecule has 0 atom stereocenters. The SMILES string of the molecule is CC1CCN(S(=O)(=O)c2ccc(C(=O)NCc3ccnc(N4CCCC4)c3)cc2)CC1. The maximum Gasteiger partial charge on any atom is 0.251 e. The van der Waals surface area contributed by atoms with E-state index >= 15 is 0 Å². The zero-order valence-electron chi connectivity index (χ0n) is 18.0. The molecule has 0 radical (unpaired) electrons. The highest BCUT2D eigenvalue weighted by Gasteiger charge is 2.28. The molecule has 0 aliphatic carbocycles. The van der Waals surface area contributed by atoms with Crippen LogP contribution in [0.1, 0.15) is 48.5 Å². The van der Waals surface area contributed by atoms with Gasteiger partial charge in [0.05, 0.1) is 4.90 Å². The number of carbonyl (C=O) groups excluding carboxylic acids is 1. The van der Waals surface area contributed by atoms with Gasteiger partial charge in [0.1, 0.15) is 5.82 Å². The summed E-state index contributed by atoms with van der Waals surface area (Å²) in [6.07, 6.45) is 5.91. The summed E-state index contributed by atoms with van der Waals surface area (Å²) in [6.45, 7) is 5.70. The maximum absolute atomic E-state index is 12.8. The monoisotopic (exact) mass is 442 g/mol. The largest absolute Gasteiger partial charge is 0.357 e. The van der Waals surface area contributed by atoms with Gasteiger partial charge in [-0.05, 0) is 73.6 Å². The number of aromatic nitrogens is 1. The summed E-state index contributed by atoms with van der Waals surface area (Å²) in [5.41, 5.74) is 1.43. The number of nitrogens with one attached hydrogen (secondary N) is 1. The van der Waals surface area contributed by atoms with E-state index in [4.69, 9.17) is 0 Å². The summed E-state index contributed by atoms with van der Waals surface area (Å²) in [7, 11) is -3.51. The minimum absolute atomic E-state index is 0.227. The summed E-state index contributed by atoms with van der Waals surface area (Å²) >= 11 is 0. The molecule has 1 aromatic carbocycles. The van der Waals surface area contributed by atoms with Crippen molar-refractivity contribution < 1.29 is 13.2 Å². The lowest BCUT2D eigenvalue weighted by Gasteiger charge is -2.29. The molecule has 0 bridgehead atoms. The molecule has 8 heteroatoms. The Kier molecular flexibility index (Phi) is 6.57. The first-order valence-electron chi connectivity index (χ1n) is 11.0. The molecule has 1 aromatic heterocycles. The van der Waals surface area contributed by atoms with Gasteiger partial charge in [0, 0.05) is 44.5 Å². The summed E-state index contributed by atoms with van der Waals surface area (Å²) in [5, 5.41) is 2.91. The zero-order chi connectivity index (χ0) is 21.8. The molecule has 2 fully saturated rings. The van der Waals surface area contributed by atoms with Crippen LogP contribution in [0.4, 0.5) is 5.82 Å². The number of carbonyl (C=O) groups is 1. The second-order valence-electron chi connectivity index (χ2n) is 8.51. The van der Waals surface area contributed by atoms with E-state index in [1.54, 1.807) is 22.6 Å². The van der Waals surface area contributed by atoms with E-state index in [0.29, 0.717) is 31.1 Å². The molecule has 0 spiro atoms. The third-order valence-corrected chi connectivity index (χ3v) is 8.10. The molecular weight excluding hydrogens is 412 g/mol. The number of piperidine rings is 1. The summed E-state index contributed by atoms with van der Waals surface area (Å²) in [6, 6.07) is 10.1. The zero-order valence-corrected chi connectivity index (χ0v) is 18.8. The lowest BCUT2D eigenvalue weighted by Crippen LogP contribution is -2.37. The molecule has 2 saturated heterocycles. The molecule has 1 N–H and O–H groups in total. The molecule has 31 heavy (non-hydrogen) atoms. The highest BCUT2D eigenvalue weighted by atomic mass is 32.2. The number of anilines is 1. The van der Waals surface area contributed by atoms with Crippen LogP contribution >= 0.6 is 0 Å². The molecule has 1 amide bonds. The van der Waals surface area contributed by atoms with Crippen LogP contribution in [-0.4, -0.2) is 49.8 Å². The number of hydrogen-bond donors (Lipinski definition) is 1. The van der Waals surface area contributed by atoms with E-state index in [1.165, 1.54) is 25.0 Å². The van der Waals surface area contributed by atoms with Crippen molar-refractivity contribution in [2.45, 2.75) is 44.0 Å². The van der Waals surface area contributed by atoms with Gasteiger partial charge < -0.3 is 10.2 Å². The summed E-state index contributed by atoms with van der Waals surface area (Å²) < 4.78 is 27.2. The molecule has 2 aliphatic rings. The van der Waals surface area contributed by atoms with Crippen LogP contribution in [0.25, 0.3) is 0 Å². The van der Waals surface area contributed by atoms with Crippen molar-refractivity contribution in [2.75, 3.05) is 31.1 Å². The van der Waals surface area contributed by atoms with Crippen molar-refractivity contribution >= 4 is 21.7 Å². The molecule has 7 nitrogen and oxygen atoms in total. The molecule has 166 valence electrons. The Morgan fingerprint density at radius 1 is 1.06 bits per heavy atom. The summed E-state index contributed by atoms with van der Waals surface area (Å²) in [4.78, 5) is 19.5. The topological polar surface area (TPSA) is 82.6 Å². The van der Waals surface area contributed by atoms with Crippen molar-refractivity contribution in [1.29, 1.82) is 0 Å². The Hall–Kier alpha value is -2.45. The fourth-order valence-electron chi connectivity index (χ4n) is 4.13. The summed E-state index contributed by atoms with van der Waals surface area (Å²) in [5.74, 6) is 1.28. The van der Waals surface area contributed by atoms with E-state index in [-0.39, 0.29) is 10.8 Å². The molecule has 0 saturated carbocycles. The van der Waals surface area contributed by atoms with Crippen LogP contribution in [-0.2, 0) is 16.6 Å². The maximum atomic E-state index is 12.8. The molecule has 2 aromatic rings. The smallest absolute Gasteiger partial charge is 0.251 e. The number of nitrogens with zero attached hydrogens (tertiary/aromatic N) is 3. The average Bonchev–Trinajstić information content (AvgIpc) is 3.33. The Bertz CT molecular complexity index is 1010. The normalized spacial score (nSPS) is 18.3. The first-order chi connectivity index (χ1) is 14.9. The Labute approximate surface area is 184 Å². The van der Waals surface area contributed by atoms with Crippen LogP contribution in [0.3, 0.4) is 0 Å². The van der Waals surface area contributed by atoms with Gasteiger partial charge in [-0.2, -0.15) is 4.31 Å². The Morgan fingerprint density at radius 3 is 2.42 bits per heavy atom. The third-order valence-electron chi connectivity index (χ3n) is 6.19. The second-order valence-corrected chi connectivity index (χ2v) is 10.4. The predicted octanol–water partition coefficient (Wildman–Crippen LogP) is 3.03. The van der Waals surface area contributed by atoms with Gasteiger partial charge >= 0.3 is 0 Å². The molecular formula is C23H30N4O3S. The van der Waals surface area contributed by atoms with Crippen molar-refractivity contribution in [2.24, 2.45) is 5.92 Å². The van der Waals surface area contributed by atoms with E-state index in [0.717, 1.165) is 37.3 Å². The van der Waals surface area contributed by atoms with Crippen molar-refractivity contribution in [3.05, 3.63) is 53.7 Å². The highest BCUT2D eigenvalue weighted by Crippen LogP contribution is 2.24. The van der Waals surface area contributed by atoms with Gasteiger partial charge in [0.15, 0.2) is 0 Å². The fraction of sp³-hybridized carbons (Fsp3) is 0.478. The van der Waals surface area contributed by atoms with Crippen LogP contribution in [0, 0.1) is 5.92 Å². The highest BCUT2D eigenvalue weighted by molar-refractivity contribution is 7.89. The first-order valence-corrected chi connectivity index (χ1v) is 12.5. The van der Waals surface area contributed by atoms with Crippen molar-refractivity contribution in [1.82, 2.24) is 14.6 Å². The van der Waals surface area contributed by atoms with Gasteiger partial charge in [0.2, 0.25) is 10.0 Å². The van der Waals surface area contributed by atoms with Crippen LogP contribution in [0.2, 0.25) is 0 Å². The first kappa shape index (κ1) is 21.8. The Balaban J connectivity index is 1.37. The van der Waals surface area contributed by atoms with Gasteiger partial charge in [-0.3, -0.25) is 4.79 Å². The second kappa shape index (κ2) is 9.36. The lowest BCUT2D eigenvalue weighted by atomic mass is 10.0. The van der Waals surface area contributed by atoms with Crippen LogP contribution < -0.4 is 10.2 Å². The molecule has 2 aliphatic heterocycles. The number of amides is 1.